The van der Waals surface area contributed by atoms with Gasteiger partial charge >= 0.3 is 0 Å². The SMILES string of the molecule is CCc1nc(N2CCN(S(C)(=O)=O)CC2)c2c3c(sc2n1)C[C@@H](C)CC3. The summed E-state index contributed by atoms with van der Waals surface area (Å²) >= 11 is 1.83. The Balaban J connectivity index is 1.74. The van der Waals surface area contributed by atoms with Crippen LogP contribution < -0.4 is 4.90 Å². The monoisotopic (exact) mass is 394 g/mol. The molecule has 0 radical (unpaired) electrons. The van der Waals surface area contributed by atoms with Gasteiger partial charge in [-0.1, -0.05) is 13.8 Å². The molecular formula is C18H26N4O2S2. The number of aryl methyl sites for hydroxylation is 2. The van der Waals surface area contributed by atoms with Crippen LogP contribution in [-0.2, 0) is 29.3 Å². The van der Waals surface area contributed by atoms with E-state index in [2.05, 4.69) is 18.7 Å². The molecule has 4 rings (SSSR count). The van der Waals surface area contributed by atoms with E-state index in [1.54, 1.807) is 4.31 Å². The summed E-state index contributed by atoms with van der Waals surface area (Å²) in [5.74, 6) is 2.63. The van der Waals surface area contributed by atoms with Crippen molar-refractivity contribution < 1.29 is 8.42 Å². The number of hydrogen-bond acceptors (Lipinski definition) is 6. The van der Waals surface area contributed by atoms with Crippen LogP contribution in [0.15, 0.2) is 0 Å². The van der Waals surface area contributed by atoms with Crippen LogP contribution in [-0.4, -0.2) is 55.1 Å². The average Bonchev–Trinajstić information content (AvgIpc) is 2.97. The Morgan fingerprint density at radius 1 is 1.19 bits per heavy atom. The molecule has 1 aliphatic carbocycles. The smallest absolute Gasteiger partial charge is 0.211 e. The molecule has 0 bridgehead atoms. The van der Waals surface area contributed by atoms with Crippen molar-refractivity contribution in [3.63, 3.8) is 0 Å². The fraction of sp³-hybridized carbons (Fsp3) is 0.667. The summed E-state index contributed by atoms with van der Waals surface area (Å²) in [4.78, 5) is 14.5. The van der Waals surface area contributed by atoms with Crippen molar-refractivity contribution in [2.24, 2.45) is 5.92 Å². The third-order valence-electron chi connectivity index (χ3n) is 5.51. The van der Waals surface area contributed by atoms with Gasteiger partial charge in [0.25, 0.3) is 0 Å². The zero-order chi connectivity index (χ0) is 18.5. The van der Waals surface area contributed by atoms with E-state index in [0.717, 1.165) is 41.7 Å². The van der Waals surface area contributed by atoms with Crippen LogP contribution in [0.5, 0.6) is 0 Å². The predicted molar refractivity (Wildman–Crippen MR) is 107 cm³/mol. The summed E-state index contributed by atoms with van der Waals surface area (Å²) in [5, 5.41) is 1.22. The first-order valence-electron chi connectivity index (χ1n) is 9.38. The van der Waals surface area contributed by atoms with E-state index in [4.69, 9.17) is 9.97 Å². The van der Waals surface area contributed by atoms with Crippen LogP contribution in [0, 0.1) is 5.92 Å². The number of hydrogen-bond donors (Lipinski definition) is 0. The molecule has 6 nitrogen and oxygen atoms in total. The quantitative estimate of drug-likeness (QED) is 0.800. The van der Waals surface area contributed by atoms with Crippen molar-refractivity contribution in [1.29, 1.82) is 0 Å². The van der Waals surface area contributed by atoms with Crippen molar-refractivity contribution in [1.82, 2.24) is 14.3 Å². The highest BCUT2D eigenvalue weighted by Gasteiger charge is 2.29. The Morgan fingerprint density at radius 2 is 1.92 bits per heavy atom. The standard InChI is InChI=1S/C18H26N4O2S2/c1-4-15-19-17(21-7-9-22(10-8-21)26(3,23)24)16-13-6-5-12(2)11-14(13)25-18(16)20-15/h12H,4-11H2,1-3H3/t12-/m0/s1. The molecule has 0 amide bonds. The van der Waals surface area contributed by atoms with Gasteiger partial charge < -0.3 is 4.90 Å². The molecule has 2 aromatic rings. The van der Waals surface area contributed by atoms with Crippen LogP contribution in [0.2, 0.25) is 0 Å². The maximum atomic E-state index is 11.8. The number of rotatable bonds is 3. The van der Waals surface area contributed by atoms with E-state index in [-0.39, 0.29) is 0 Å². The normalized spacial score (nSPS) is 22.0. The summed E-state index contributed by atoms with van der Waals surface area (Å²) in [6, 6.07) is 0. The van der Waals surface area contributed by atoms with Gasteiger partial charge in [-0.05, 0) is 30.7 Å². The van der Waals surface area contributed by atoms with E-state index in [9.17, 15) is 8.42 Å². The van der Waals surface area contributed by atoms with Gasteiger partial charge in [-0.25, -0.2) is 18.4 Å². The number of aromatic nitrogens is 2. The Bertz CT molecular complexity index is 930. The highest BCUT2D eigenvalue weighted by molar-refractivity contribution is 7.88. The van der Waals surface area contributed by atoms with Crippen molar-refractivity contribution in [3.8, 4) is 0 Å². The summed E-state index contributed by atoms with van der Waals surface area (Å²) in [6.07, 6.45) is 5.55. The molecule has 0 N–H and O–H groups in total. The molecule has 3 heterocycles. The van der Waals surface area contributed by atoms with E-state index < -0.39 is 10.0 Å². The Hall–Kier alpha value is -1.25. The zero-order valence-corrected chi connectivity index (χ0v) is 17.3. The van der Waals surface area contributed by atoms with Crippen LogP contribution in [0.4, 0.5) is 5.82 Å². The van der Waals surface area contributed by atoms with Gasteiger partial charge in [0.05, 0.1) is 11.6 Å². The molecule has 8 heteroatoms. The van der Waals surface area contributed by atoms with Crippen LogP contribution in [0.25, 0.3) is 10.2 Å². The first-order valence-corrected chi connectivity index (χ1v) is 12.0. The van der Waals surface area contributed by atoms with Gasteiger partial charge in [-0.2, -0.15) is 4.31 Å². The maximum absolute atomic E-state index is 11.8. The topological polar surface area (TPSA) is 66.4 Å². The van der Waals surface area contributed by atoms with E-state index in [1.165, 1.54) is 28.5 Å². The van der Waals surface area contributed by atoms with Gasteiger partial charge in [-0.3, -0.25) is 0 Å². The molecule has 1 fully saturated rings. The highest BCUT2D eigenvalue weighted by Crippen LogP contribution is 2.41. The Kier molecular flexibility index (Phi) is 4.69. The Labute approximate surface area is 159 Å². The second-order valence-corrected chi connectivity index (χ2v) is 10.6. The summed E-state index contributed by atoms with van der Waals surface area (Å²) in [6.45, 7) is 6.82. The first-order chi connectivity index (χ1) is 12.4. The minimum atomic E-state index is -3.12. The molecule has 0 aromatic carbocycles. The second kappa shape index (κ2) is 6.73. The largest absolute Gasteiger partial charge is 0.353 e. The molecule has 142 valence electrons. The second-order valence-electron chi connectivity index (χ2n) is 7.50. The fourth-order valence-electron chi connectivity index (χ4n) is 3.98. The van der Waals surface area contributed by atoms with Crippen LogP contribution >= 0.6 is 11.3 Å². The molecular weight excluding hydrogens is 368 g/mol. The van der Waals surface area contributed by atoms with Gasteiger partial charge in [-0.15, -0.1) is 11.3 Å². The summed E-state index contributed by atoms with van der Waals surface area (Å²) in [7, 11) is -3.12. The minimum Gasteiger partial charge on any atom is -0.353 e. The summed E-state index contributed by atoms with van der Waals surface area (Å²) < 4.78 is 25.2. The molecule has 0 saturated carbocycles. The number of thiophene rings is 1. The number of fused-ring (bicyclic) bond motifs is 3. The van der Waals surface area contributed by atoms with Gasteiger partial charge in [0.15, 0.2) is 0 Å². The van der Waals surface area contributed by atoms with E-state index in [1.807, 2.05) is 11.3 Å². The fourth-order valence-corrected chi connectivity index (χ4v) is 6.21. The lowest BCUT2D eigenvalue weighted by Crippen LogP contribution is -2.48. The number of piperazine rings is 1. The lowest BCUT2D eigenvalue weighted by Gasteiger charge is -2.34. The molecule has 1 atom stereocenters. The molecule has 2 aliphatic rings. The van der Waals surface area contributed by atoms with Crippen molar-refractivity contribution >= 4 is 37.4 Å². The van der Waals surface area contributed by atoms with Crippen LogP contribution in [0.3, 0.4) is 0 Å². The predicted octanol–water partition coefficient (Wildman–Crippen LogP) is 2.46. The van der Waals surface area contributed by atoms with E-state index >= 15 is 0 Å². The average molecular weight is 395 g/mol. The Morgan fingerprint density at radius 3 is 2.58 bits per heavy atom. The zero-order valence-electron chi connectivity index (χ0n) is 15.7. The minimum absolute atomic E-state index is 0.523. The number of sulfonamides is 1. The van der Waals surface area contributed by atoms with Crippen molar-refractivity contribution in [3.05, 3.63) is 16.3 Å². The molecule has 1 aliphatic heterocycles. The molecule has 0 unspecified atom stereocenters. The molecule has 2 aromatic heterocycles. The van der Waals surface area contributed by atoms with Crippen LogP contribution in [0.1, 0.15) is 36.5 Å². The van der Waals surface area contributed by atoms with Gasteiger partial charge in [0.1, 0.15) is 16.5 Å². The van der Waals surface area contributed by atoms with Gasteiger partial charge in [0.2, 0.25) is 10.0 Å². The molecule has 1 saturated heterocycles. The first kappa shape index (κ1) is 18.1. The lowest BCUT2D eigenvalue weighted by molar-refractivity contribution is 0.387. The van der Waals surface area contributed by atoms with Crippen molar-refractivity contribution in [2.45, 2.75) is 39.5 Å². The van der Waals surface area contributed by atoms with Gasteiger partial charge in [0, 0.05) is 37.5 Å². The highest BCUT2D eigenvalue weighted by atomic mass is 32.2. The van der Waals surface area contributed by atoms with E-state index in [0.29, 0.717) is 26.2 Å². The third-order valence-corrected chi connectivity index (χ3v) is 7.96. The number of nitrogens with zero attached hydrogens (tertiary/aromatic N) is 4. The van der Waals surface area contributed by atoms with Crippen molar-refractivity contribution in [2.75, 3.05) is 37.3 Å². The summed E-state index contributed by atoms with van der Waals surface area (Å²) in [5.41, 5.74) is 1.44. The number of anilines is 1. The third kappa shape index (κ3) is 3.23. The lowest BCUT2D eigenvalue weighted by atomic mass is 9.89. The molecule has 26 heavy (non-hydrogen) atoms. The maximum Gasteiger partial charge on any atom is 0.211 e. The molecule has 0 spiro atoms.